The zero-order chi connectivity index (χ0) is 17.4. The van der Waals surface area contributed by atoms with Gasteiger partial charge in [0, 0.05) is 37.7 Å². The Kier molecular flexibility index (Phi) is 6.81. The average molecular weight is 330 g/mol. The summed E-state index contributed by atoms with van der Waals surface area (Å²) in [4.78, 5) is 8.92. The number of aromatic nitrogens is 2. The van der Waals surface area contributed by atoms with Gasteiger partial charge < -0.3 is 20.1 Å². The molecule has 0 saturated heterocycles. The van der Waals surface area contributed by atoms with Crippen molar-refractivity contribution in [2.24, 2.45) is 0 Å². The fourth-order valence-electron chi connectivity index (χ4n) is 2.17. The topological polar surface area (TPSA) is 68.3 Å². The van der Waals surface area contributed by atoms with Crippen molar-refractivity contribution in [1.29, 1.82) is 0 Å². The number of rotatable bonds is 9. The number of hydrogen-bond acceptors (Lipinski definition) is 6. The van der Waals surface area contributed by atoms with Gasteiger partial charge in [-0.1, -0.05) is 0 Å². The number of nitrogens with one attached hydrogen (secondary N) is 2. The zero-order valence-electron chi connectivity index (χ0n) is 14.8. The fraction of sp³-hybridized carbons (Fsp3) is 0.444. The molecule has 6 nitrogen and oxygen atoms in total. The molecular weight excluding hydrogens is 304 g/mol. The Labute approximate surface area is 143 Å². The van der Waals surface area contributed by atoms with Crippen molar-refractivity contribution in [1.82, 2.24) is 9.97 Å². The molecule has 0 unspecified atom stereocenters. The summed E-state index contributed by atoms with van der Waals surface area (Å²) in [6.07, 6.45) is 1.09. The second-order valence-electron chi connectivity index (χ2n) is 5.81. The number of nitrogens with zero attached hydrogens (tertiary/aromatic N) is 2. The van der Waals surface area contributed by atoms with Gasteiger partial charge in [0.25, 0.3) is 0 Å². The van der Waals surface area contributed by atoms with Crippen LogP contribution in [0.3, 0.4) is 0 Å². The zero-order valence-corrected chi connectivity index (χ0v) is 14.8. The van der Waals surface area contributed by atoms with Crippen molar-refractivity contribution in [2.75, 3.05) is 30.9 Å². The third kappa shape index (κ3) is 6.04. The van der Waals surface area contributed by atoms with Gasteiger partial charge >= 0.3 is 0 Å². The van der Waals surface area contributed by atoms with Gasteiger partial charge in [-0.25, -0.2) is 4.98 Å². The van der Waals surface area contributed by atoms with Gasteiger partial charge in [0.05, 0.1) is 6.10 Å². The predicted molar refractivity (Wildman–Crippen MR) is 97.2 cm³/mol. The third-order valence-electron chi connectivity index (χ3n) is 3.17. The molecule has 0 amide bonds. The van der Waals surface area contributed by atoms with E-state index in [1.165, 1.54) is 0 Å². The molecule has 0 saturated carbocycles. The maximum absolute atomic E-state index is 5.64. The van der Waals surface area contributed by atoms with Crippen molar-refractivity contribution in [3.63, 3.8) is 0 Å². The summed E-state index contributed by atoms with van der Waals surface area (Å²) >= 11 is 0. The van der Waals surface area contributed by atoms with Crippen molar-refractivity contribution in [2.45, 2.75) is 33.3 Å². The maximum Gasteiger partial charge on any atom is 0.229 e. The molecule has 0 atom stereocenters. The highest BCUT2D eigenvalue weighted by molar-refractivity contribution is 5.56. The molecule has 130 valence electrons. The second kappa shape index (κ2) is 9.08. The summed E-state index contributed by atoms with van der Waals surface area (Å²) in [5.41, 5.74) is 1.82. The van der Waals surface area contributed by atoms with Crippen LogP contribution < -0.4 is 15.4 Å². The summed E-state index contributed by atoms with van der Waals surface area (Å²) in [7, 11) is 1.70. The molecule has 1 aromatic carbocycles. The average Bonchev–Trinajstić information content (AvgIpc) is 2.52. The Morgan fingerprint density at radius 3 is 2.54 bits per heavy atom. The highest BCUT2D eigenvalue weighted by atomic mass is 16.5. The van der Waals surface area contributed by atoms with E-state index >= 15 is 0 Å². The van der Waals surface area contributed by atoms with Crippen LogP contribution in [0, 0.1) is 6.92 Å². The molecule has 24 heavy (non-hydrogen) atoms. The van der Waals surface area contributed by atoms with E-state index in [-0.39, 0.29) is 6.10 Å². The van der Waals surface area contributed by atoms with Crippen LogP contribution in [0.4, 0.5) is 17.5 Å². The molecule has 2 aromatic rings. The van der Waals surface area contributed by atoms with Gasteiger partial charge in [-0.05, 0) is 51.5 Å². The Morgan fingerprint density at radius 2 is 1.88 bits per heavy atom. The molecule has 2 rings (SSSR count). The van der Waals surface area contributed by atoms with Gasteiger partial charge in [-0.2, -0.15) is 4.98 Å². The highest BCUT2D eigenvalue weighted by Crippen LogP contribution is 2.20. The molecular formula is C18H26N4O2. The number of hydrogen-bond donors (Lipinski definition) is 2. The first-order valence-corrected chi connectivity index (χ1v) is 8.19. The highest BCUT2D eigenvalue weighted by Gasteiger charge is 2.04. The number of ether oxygens (including phenoxy) is 2. The summed E-state index contributed by atoms with van der Waals surface area (Å²) in [6, 6.07) is 9.70. The van der Waals surface area contributed by atoms with Crippen molar-refractivity contribution in [3.05, 3.63) is 36.0 Å². The van der Waals surface area contributed by atoms with Gasteiger partial charge in [-0.3, -0.25) is 0 Å². The molecule has 1 heterocycles. The van der Waals surface area contributed by atoms with Crippen LogP contribution in [0.1, 0.15) is 26.0 Å². The van der Waals surface area contributed by atoms with E-state index in [1.54, 1.807) is 7.11 Å². The molecule has 0 spiro atoms. The van der Waals surface area contributed by atoms with E-state index in [9.17, 15) is 0 Å². The van der Waals surface area contributed by atoms with E-state index in [2.05, 4.69) is 20.6 Å². The van der Waals surface area contributed by atoms with Crippen LogP contribution in [0.2, 0.25) is 0 Å². The standard InChI is InChI=1S/C18H26N4O2/c1-13(2)24-16-8-6-15(7-9-16)21-18-20-14(3)12-17(22-18)19-10-5-11-23-4/h6-9,12-13H,5,10-11H2,1-4H3,(H2,19,20,21,22). The lowest BCUT2D eigenvalue weighted by Crippen LogP contribution is -2.08. The minimum atomic E-state index is 0.163. The Bertz CT molecular complexity index is 629. The van der Waals surface area contributed by atoms with Crippen LogP contribution in [-0.2, 0) is 4.74 Å². The summed E-state index contributed by atoms with van der Waals surface area (Å²) in [5, 5.41) is 6.51. The lowest BCUT2D eigenvalue weighted by atomic mass is 10.3. The molecule has 0 bridgehead atoms. The second-order valence-corrected chi connectivity index (χ2v) is 5.81. The van der Waals surface area contributed by atoms with Gasteiger partial charge in [-0.15, -0.1) is 0 Å². The lowest BCUT2D eigenvalue weighted by Gasteiger charge is -2.12. The quantitative estimate of drug-likeness (QED) is 0.682. The lowest BCUT2D eigenvalue weighted by molar-refractivity contribution is 0.198. The van der Waals surface area contributed by atoms with E-state index in [0.29, 0.717) is 5.95 Å². The normalized spacial score (nSPS) is 10.7. The van der Waals surface area contributed by atoms with Crippen molar-refractivity contribution in [3.8, 4) is 5.75 Å². The van der Waals surface area contributed by atoms with Gasteiger partial charge in [0.2, 0.25) is 5.95 Å². The fourth-order valence-corrected chi connectivity index (χ4v) is 2.17. The molecule has 6 heteroatoms. The van der Waals surface area contributed by atoms with Crippen LogP contribution >= 0.6 is 0 Å². The van der Waals surface area contributed by atoms with E-state index in [1.807, 2.05) is 51.1 Å². The molecule has 1 aromatic heterocycles. The number of benzene rings is 1. The Balaban J connectivity index is 1.99. The minimum Gasteiger partial charge on any atom is -0.491 e. The molecule has 0 aliphatic heterocycles. The molecule has 0 aliphatic carbocycles. The number of aryl methyl sites for hydroxylation is 1. The first-order chi connectivity index (χ1) is 11.6. The predicted octanol–water partition coefficient (Wildman–Crippen LogP) is 3.76. The van der Waals surface area contributed by atoms with Crippen molar-refractivity contribution < 1.29 is 9.47 Å². The Morgan fingerprint density at radius 1 is 1.12 bits per heavy atom. The summed E-state index contributed by atoms with van der Waals surface area (Å²) in [5.74, 6) is 2.23. The van der Waals surface area contributed by atoms with Crippen LogP contribution in [0.5, 0.6) is 5.75 Å². The molecule has 0 radical (unpaired) electrons. The smallest absolute Gasteiger partial charge is 0.229 e. The van der Waals surface area contributed by atoms with Crippen LogP contribution in [0.15, 0.2) is 30.3 Å². The Hall–Kier alpha value is -2.34. The first-order valence-electron chi connectivity index (χ1n) is 8.19. The third-order valence-corrected chi connectivity index (χ3v) is 3.17. The van der Waals surface area contributed by atoms with Crippen LogP contribution in [-0.4, -0.2) is 36.3 Å². The van der Waals surface area contributed by atoms with Crippen molar-refractivity contribution >= 4 is 17.5 Å². The number of anilines is 3. The van der Waals surface area contributed by atoms with Gasteiger partial charge in [0.15, 0.2) is 0 Å². The van der Waals surface area contributed by atoms with Gasteiger partial charge in [0.1, 0.15) is 11.6 Å². The summed E-state index contributed by atoms with van der Waals surface area (Å²) < 4.78 is 10.7. The van der Waals surface area contributed by atoms with E-state index < -0.39 is 0 Å². The molecule has 0 fully saturated rings. The first kappa shape index (κ1) is 18.0. The molecule has 0 aliphatic rings. The minimum absolute atomic E-state index is 0.163. The largest absolute Gasteiger partial charge is 0.491 e. The van der Waals surface area contributed by atoms with E-state index in [0.717, 1.165) is 42.5 Å². The van der Waals surface area contributed by atoms with Crippen LogP contribution in [0.25, 0.3) is 0 Å². The maximum atomic E-state index is 5.64. The monoisotopic (exact) mass is 330 g/mol. The number of methoxy groups -OCH3 is 1. The SMILES string of the molecule is COCCCNc1cc(C)nc(Nc2ccc(OC(C)C)cc2)n1. The summed E-state index contributed by atoms with van der Waals surface area (Å²) in [6.45, 7) is 7.51. The van der Waals surface area contributed by atoms with E-state index in [4.69, 9.17) is 9.47 Å². The molecule has 2 N–H and O–H groups in total.